The number of thiophene rings is 2. The predicted octanol–water partition coefficient (Wildman–Crippen LogP) is 22.9. The lowest BCUT2D eigenvalue weighted by Crippen LogP contribution is -2.41. The van der Waals surface area contributed by atoms with Crippen LogP contribution in [-0.4, -0.2) is 124 Å². The van der Waals surface area contributed by atoms with Crippen LogP contribution in [0.2, 0.25) is 5.82 Å². The number of carbonyl (C=O) groups excluding carboxylic acids is 3. The summed E-state index contributed by atoms with van der Waals surface area (Å²) in [6.45, 7) is 30.7. The standard InChI is InChI=1S/C20H36BNO4.2C18H22S.C14H24ClNO2.C14H25NO3.ClH/c1-18(2,3)24-17(23)22-12-14-8-10-16(11-9-15(14)13-22)21-25-19(4,5)20(6,7)26-21;2*1-3-13-7-9-15(10-8-14(13)4-1)16-5-2-6-18-17(16)11-12-19-18;1-14(2,3)18-13(17)16-8-10-4-6-12(15)7-5-11(10)9-16;1-14(2,3)18-13(17)15-8-10-4-6-12(16)7-5-11(10)9-15;/h14-16H,8-13H2,1-7H3;2*2,5-6,11-15H,1,3-4,7-10H2;10-12H,4-9H2,1-3H3;10-12,16H,4-9H2,1-3H3;1H. The van der Waals surface area contributed by atoms with Crippen LogP contribution >= 0.6 is 46.7 Å². The van der Waals surface area contributed by atoms with Gasteiger partial charge in [-0.3, -0.25) is 0 Å². The van der Waals surface area contributed by atoms with Crippen LogP contribution in [0.15, 0.2) is 59.3 Å². The molecule has 7 aliphatic carbocycles. The van der Waals surface area contributed by atoms with E-state index in [0.29, 0.717) is 46.7 Å². The van der Waals surface area contributed by atoms with Gasteiger partial charge in [-0.1, -0.05) is 75.6 Å². The van der Waals surface area contributed by atoms with Gasteiger partial charge in [0.05, 0.1) is 17.3 Å². The molecular weight excluding hydrogens is 1340 g/mol. The Kier molecular flexibility index (Phi) is 27.6. The minimum atomic E-state index is -0.427. The van der Waals surface area contributed by atoms with E-state index in [4.69, 9.17) is 35.1 Å². The lowest BCUT2D eigenvalue weighted by Gasteiger charge is -2.32. The first-order chi connectivity index (χ1) is 47.4. The summed E-state index contributed by atoms with van der Waals surface area (Å²) in [7, 11) is -0.0965. The Bertz CT molecular complexity index is 3040. The maximum atomic E-state index is 12.4. The Balaban J connectivity index is 0.000000137. The third-order valence-corrected chi connectivity index (χ3v) is 27.9. The fraction of sp³-hybridized carbons (Fsp3) is 0.774. The van der Waals surface area contributed by atoms with Crippen LogP contribution < -0.4 is 0 Å². The van der Waals surface area contributed by atoms with Crippen LogP contribution in [0.3, 0.4) is 0 Å². The Labute approximate surface area is 628 Å². The number of hydrogen-bond donors (Lipinski definition) is 1. The van der Waals surface area contributed by atoms with Gasteiger partial charge in [-0.2, -0.15) is 0 Å². The molecule has 10 unspecified atom stereocenters. The van der Waals surface area contributed by atoms with Gasteiger partial charge >= 0.3 is 25.4 Å². The van der Waals surface area contributed by atoms with Crippen molar-refractivity contribution in [3.8, 4) is 0 Å². The number of aliphatic hydroxyl groups excluding tert-OH is 1. The number of benzene rings is 2. The summed E-state index contributed by atoms with van der Waals surface area (Å²) in [5, 5.41) is 17.6. The molecule has 0 radical (unpaired) electrons. The van der Waals surface area contributed by atoms with Gasteiger partial charge in [-0.15, -0.1) is 46.7 Å². The molecule has 2 aromatic carbocycles. The molecule has 11 aliphatic rings. The minimum absolute atomic E-state index is 0. The van der Waals surface area contributed by atoms with Crippen molar-refractivity contribution in [1.82, 2.24) is 14.7 Å². The molecule has 7 saturated carbocycles. The fourth-order valence-electron chi connectivity index (χ4n) is 19.5. The molecule has 3 amide bonds. The van der Waals surface area contributed by atoms with E-state index < -0.39 is 16.8 Å². The Morgan fingerprint density at radius 2 is 0.733 bits per heavy atom. The summed E-state index contributed by atoms with van der Waals surface area (Å²) < 4.78 is 31.9. The van der Waals surface area contributed by atoms with Crippen molar-refractivity contribution in [3.63, 3.8) is 0 Å². The molecule has 17 heteroatoms. The summed E-state index contributed by atoms with van der Waals surface area (Å²) in [5.41, 5.74) is 1.52. The number of hydrogen-bond acceptors (Lipinski definition) is 11. The fourth-order valence-corrected chi connectivity index (χ4v) is 21.4. The first kappa shape index (κ1) is 80.2. The van der Waals surface area contributed by atoms with Crippen LogP contribution in [0.4, 0.5) is 14.4 Å². The molecule has 2 aromatic heterocycles. The van der Waals surface area contributed by atoms with Gasteiger partial charge in [0.2, 0.25) is 0 Å². The first-order valence-corrected chi connectivity index (χ1v) is 42.1. The molecule has 1 N–H and O–H groups in total. The highest BCUT2D eigenvalue weighted by molar-refractivity contribution is 7.17. The number of carbonyl (C=O) groups is 3. The van der Waals surface area contributed by atoms with Crippen LogP contribution in [0.25, 0.3) is 20.2 Å². The molecule has 12 nitrogen and oxygen atoms in total. The number of fused-ring (bicyclic) bond motifs is 7. The van der Waals surface area contributed by atoms with Gasteiger partial charge in [0.15, 0.2) is 0 Å². The minimum Gasteiger partial charge on any atom is -0.444 e. The van der Waals surface area contributed by atoms with E-state index in [1.54, 1.807) is 11.1 Å². The van der Waals surface area contributed by atoms with E-state index >= 15 is 0 Å². The third kappa shape index (κ3) is 21.5. The summed E-state index contributed by atoms with van der Waals surface area (Å²) in [6.07, 6.45) is 32.9. The molecule has 0 bridgehead atoms. The van der Waals surface area contributed by atoms with Crippen molar-refractivity contribution in [1.29, 1.82) is 0 Å². The number of alkyl halides is 1. The summed E-state index contributed by atoms with van der Waals surface area (Å²) >= 11 is 9.99. The van der Waals surface area contributed by atoms with Crippen LogP contribution in [0.1, 0.15) is 280 Å². The zero-order chi connectivity index (χ0) is 71.3. The SMILES string of the molecule is CC(C)(C)OC(=O)N1CC2CCC(B3OC(C)(C)C(C)(C)O3)CCC2C1.CC(C)(C)OC(=O)N1CC2CCC(Cl)CCC2C1.CC(C)(C)OC(=O)N1CC2CCC(O)CCC2C1.Cl.c1cc(C2CCC3CCCC3CC2)c2ccsc2c1.c1cc(C2CCC3CCCC3CC2)c2ccsc2c1. The molecule has 101 heavy (non-hydrogen) atoms. The normalized spacial score (nSPS) is 32.2. The Morgan fingerprint density at radius 1 is 0.436 bits per heavy atom. The van der Waals surface area contributed by atoms with Gasteiger partial charge < -0.3 is 43.3 Å². The van der Waals surface area contributed by atoms with Crippen LogP contribution in [0.5, 0.6) is 0 Å². The van der Waals surface area contributed by atoms with Gasteiger partial charge in [-0.05, 0) is 339 Å². The Hall–Kier alpha value is -3.31. The molecule has 564 valence electrons. The maximum Gasteiger partial charge on any atom is 0.461 e. The lowest BCUT2D eigenvalue weighted by molar-refractivity contribution is 0.00578. The van der Waals surface area contributed by atoms with Gasteiger partial charge in [0, 0.05) is 54.0 Å². The molecule has 0 spiro atoms. The monoisotopic (exact) mass is 1470 g/mol. The van der Waals surface area contributed by atoms with Gasteiger partial charge in [0.25, 0.3) is 0 Å². The van der Waals surface area contributed by atoms with E-state index in [9.17, 15) is 19.5 Å². The zero-order valence-electron chi connectivity index (χ0n) is 64.3. The number of rotatable bonds is 3. The number of nitrogens with zero attached hydrogens (tertiary/aromatic N) is 3. The molecule has 4 aliphatic heterocycles. The average Bonchev–Trinajstić information content (AvgIpc) is 1.64. The van der Waals surface area contributed by atoms with Crippen LogP contribution in [0, 0.1) is 59.2 Å². The number of amides is 3. The van der Waals surface area contributed by atoms with Gasteiger partial charge in [-0.25, -0.2) is 14.4 Å². The highest BCUT2D eigenvalue weighted by Gasteiger charge is 2.54. The third-order valence-electron chi connectivity index (χ3n) is 25.7. The van der Waals surface area contributed by atoms with E-state index in [0.717, 1.165) is 152 Å². The average molecular weight is 1470 g/mol. The van der Waals surface area contributed by atoms with E-state index in [-0.39, 0.29) is 55.1 Å². The molecular formula is C84H130BCl2N3O9S2. The van der Waals surface area contributed by atoms with Crippen molar-refractivity contribution in [2.24, 2.45) is 59.2 Å². The van der Waals surface area contributed by atoms with E-state index in [2.05, 4.69) is 87.0 Å². The van der Waals surface area contributed by atoms with Crippen molar-refractivity contribution in [2.75, 3.05) is 39.3 Å². The number of halogens is 2. The second-order valence-corrected chi connectivity index (χ2v) is 39.3. The second kappa shape index (κ2) is 34.7. The molecule has 6 heterocycles. The summed E-state index contributed by atoms with van der Waals surface area (Å²) in [5.74, 6) is 9.86. The van der Waals surface area contributed by atoms with Crippen molar-refractivity contribution in [3.05, 3.63) is 70.4 Å². The Morgan fingerprint density at radius 3 is 1.05 bits per heavy atom. The molecule has 10 atom stereocenters. The summed E-state index contributed by atoms with van der Waals surface area (Å²) in [4.78, 5) is 42.1. The first-order valence-electron chi connectivity index (χ1n) is 39.9. The zero-order valence-corrected chi connectivity index (χ0v) is 67.5. The largest absolute Gasteiger partial charge is 0.461 e. The second-order valence-electron chi connectivity index (χ2n) is 36.8. The smallest absolute Gasteiger partial charge is 0.444 e. The predicted molar refractivity (Wildman–Crippen MR) is 420 cm³/mol. The quantitative estimate of drug-likeness (QED) is 0.121. The maximum absolute atomic E-state index is 12.4. The molecule has 4 aromatic rings. The summed E-state index contributed by atoms with van der Waals surface area (Å²) in [6, 6.07) is 18.5. The number of ether oxygens (including phenoxy) is 3. The molecule has 11 fully saturated rings. The number of likely N-dealkylation sites (tertiary alicyclic amines) is 3. The topological polar surface area (TPSA) is 127 Å². The highest BCUT2D eigenvalue weighted by Crippen LogP contribution is 2.50. The van der Waals surface area contributed by atoms with Crippen molar-refractivity contribution in [2.45, 2.75) is 314 Å². The van der Waals surface area contributed by atoms with Gasteiger partial charge in [0.1, 0.15) is 16.8 Å². The van der Waals surface area contributed by atoms with E-state index in [1.807, 2.05) is 99.7 Å². The van der Waals surface area contributed by atoms with Crippen molar-refractivity contribution >= 4 is 92.3 Å². The molecule has 15 rings (SSSR count). The highest BCUT2D eigenvalue weighted by atomic mass is 35.5. The molecule has 4 saturated heterocycles. The van der Waals surface area contributed by atoms with Crippen LogP contribution in [-0.2, 0) is 23.5 Å². The number of aliphatic hydroxyl groups is 1. The van der Waals surface area contributed by atoms with Crippen molar-refractivity contribution < 1.29 is 43.0 Å². The lowest BCUT2D eigenvalue weighted by atomic mass is 9.67. The van der Waals surface area contributed by atoms with E-state index in [1.165, 1.54) is 110 Å².